The van der Waals surface area contributed by atoms with Gasteiger partial charge in [0.15, 0.2) is 11.6 Å². The summed E-state index contributed by atoms with van der Waals surface area (Å²) in [5, 5.41) is 6.03. The molecule has 2 aromatic carbocycles. The SMILES string of the molecule is C.C.C#CCOc1ccc(Nc2nc(Nc3ccc(C)c(C)c3)ncc2F)cc1.CCC(C)=O.[HH].[HH].[HH]. The average molecular weight is 473 g/mol. The molecule has 0 saturated heterocycles. The number of carbonyl (C=O) groups is 1. The number of Topliss-reactive ketones (excluding diaryl/α,β-unsaturated/α-hetero) is 1. The molecule has 0 fully saturated rings. The van der Waals surface area contributed by atoms with Crippen molar-refractivity contribution in [1.82, 2.24) is 9.97 Å². The van der Waals surface area contributed by atoms with Crippen LogP contribution in [0.25, 0.3) is 0 Å². The van der Waals surface area contributed by atoms with Crippen LogP contribution >= 0.6 is 0 Å². The molecule has 0 spiro atoms. The molecule has 7 heteroatoms. The monoisotopic (exact) mass is 472 g/mol. The summed E-state index contributed by atoms with van der Waals surface area (Å²) in [4.78, 5) is 18.0. The quantitative estimate of drug-likeness (QED) is 0.343. The zero-order valence-electron chi connectivity index (χ0n) is 18.7. The number of nitrogens with zero attached hydrogens (tertiary/aromatic N) is 2. The molecule has 0 radical (unpaired) electrons. The molecule has 188 valence electrons. The second-order valence-electron chi connectivity index (χ2n) is 7.01. The van der Waals surface area contributed by atoms with Gasteiger partial charge in [0.05, 0.1) is 6.20 Å². The van der Waals surface area contributed by atoms with Crippen LogP contribution in [0.4, 0.5) is 27.5 Å². The summed E-state index contributed by atoms with van der Waals surface area (Å²) in [6.45, 7) is 7.69. The minimum atomic E-state index is -0.548. The Morgan fingerprint density at radius 2 is 1.71 bits per heavy atom. The van der Waals surface area contributed by atoms with E-state index in [0.717, 1.165) is 17.4 Å². The normalized spacial score (nSPS) is 9.18. The van der Waals surface area contributed by atoms with Gasteiger partial charge in [-0.25, -0.2) is 9.37 Å². The standard InChI is InChI=1S/C21H19FN4O.C4H8O.2CH4.3H2/c1-4-11-27-18-9-7-16(8-10-18)24-20-19(22)13-23-21(26-20)25-17-6-5-14(2)15(3)12-17;1-3-4(2)5;;;;;/h1,5-10,12-13H,11H2,2-3H3,(H2,23,24,25,26);3H2,1-2H3;2*1H4;3*1H. The van der Waals surface area contributed by atoms with E-state index in [2.05, 4.69) is 26.5 Å². The molecule has 0 aliphatic heterocycles. The van der Waals surface area contributed by atoms with E-state index in [4.69, 9.17) is 11.2 Å². The molecule has 6 nitrogen and oxygen atoms in total. The van der Waals surface area contributed by atoms with E-state index in [1.165, 1.54) is 5.56 Å². The maximum absolute atomic E-state index is 14.1. The van der Waals surface area contributed by atoms with Gasteiger partial charge in [-0.15, -0.1) is 6.42 Å². The number of carbonyl (C=O) groups excluding carboxylic acids is 1. The van der Waals surface area contributed by atoms with E-state index in [-0.39, 0.29) is 37.3 Å². The van der Waals surface area contributed by atoms with Crippen molar-refractivity contribution in [2.45, 2.75) is 49.0 Å². The van der Waals surface area contributed by atoms with Gasteiger partial charge in [-0.1, -0.05) is 33.8 Å². The third kappa shape index (κ3) is 9.70. The molecule has 0 aliphatic carbocycles. The Morgan fingerprint density at radius 3 is 2.26 bits per heavy atom. The molecule has 0 unspecified atom stereocenters. The van der Waals surface area contributed by atoms with E-state index >= 15 is 0 Å². The second-order valence-corrected chi connectivity index (χ2v) is 7.01. The van der Waals surface area contributed by atoms with Crippen molar-refractivity contribution in [3.8, 4) is 18.1 Å². The molecule has 1 aromatic heterocycles. The number of hydrogen-bond acceptors (Lipinski definition) is 6. The molecule has 0 bridgehead atoms. The minimum Gasteiger partial charge on any atom is -0.481 e. The topological polar surface area (TPSA) is 76.1 Å². The lowest BCUT2D eigenvalue weighted by molar-refractivity contribution is -0.116. The summed E-state index contributed by atoms with van der Waals surface area (Å²) >= 11 is 0. The number of terminal acetylenes is 1. The lowest BCUT2D eigenvalue weighted by Crippen LogP contribution is -2.03. The highest BCUT2D eigenvalue weighted by molar-refractivity contribution is 5.74. The number of rotatable bonds is 7. The predicted octanol–water partition coefficient (Wildman–Crippen LogP) is 7.73. The van der Waals surface area contributed by atoms with Gasteiger partial charge in [-0.05, 0) is 68.3 Å². The van der Waals surface area contributed by atoms with Crippen LogP contribution in [0.1, 0.15) is 50.5 Å². The van der Waals surface area contributed by atoms with Gasteiger partial charge in [-0.3, -0.25) is 0 Å². The number of aromatic nitrogens is 2. The Hall–Kier alpha value is -3.92. The molecule has 0 aliphatic rings. The maximum atomic E-state index is 14.1. The molecule has 1 heterocycles. The Balaban J connectivity index is -0.000000499. The fourth-order valence-electron chi connectivity index (χ4n) is 2.36. The predicted molar refractivity (Wildman–Crippen MR) is 146 cm³/mol. The molecule has 2 N–H and O–H groups in total. The third-order valence-electron chi connectivity index (χ3n) is 4.44. The van der Waals surface area contributed by atoms with Crippen molar-refractivity contribution in [2.24, 2.45) is 0 Å². The van der Waals surface area contributed by atoms with E-state index in [1.54, 1.807) is 31.2 Å². The molecule has 0 saturated carbocycles. The number of nitrogens with one attached hydrogen (secondary N) is 2. The highest BCUT2D eigenvalue weighted by Crippen LogP contribution is 2.23. The van der Waals surface area contributed by atoms with Crippen LogP contribution < -0.4 is 15.4 Å². The van der Waals surface area contributed by atoms with Crippen LogP contribution in [0.2, 0.25) is 0 Å². The number of ether oxygens (including phenoxy) is 1. The van der Waals surface area contributed by atoms with Crippen molar-refractivity contribution in [1.29, 1.82) is 0 Å². The first-order valence-corrected chi connectivity index (χ1v) is 10.1. The zero-order chi connectivity index (χ0) is 23.5. The fraction of sp³-hybridized carbons (Fsp3) is 0.296. The number of hydrogen-bond donors (Lipinski definition) is 2. The molecular weight excluding hydrogens is 431 g/mol. The summed E-state index contributed by atoms with van der Waals surface area (Å²) in [6.07, 6.45) is 6.96. The zero-order valence-corrected chi connectivity index (χ0v) is 18.7. The maximum Gasteiger partial charge on any atom is 0.229 e. The van der Waals surface area contributed by atoms with Gasteiger partial charge in [0.1, 0.15) is 18.1 Å². The summed E-state index contributed by atoms with van der Waals surface area (Å²) in [7, 11) is 0. The fourth-order valence-corrected chi connectivity index (χ4v) is 2.36. The van der Waals surface area contributed by atoms with Gasteiger partial charge < -0.3 is 20.2 Å². The van der Waals surface area contributed by atoms with Gasteiger partial charge in [0, 0.05) is 22.1 Å². The van der Waals surface area contributed by atoms with Crippen LogP contribution in [0.3, 0.4) is 0 Å². The highest BCUT2D eigenvalue weighted by atomic mass is 19.1. The van der Waals surface area contributed by atoms with Crippen molar-refractivity contribution in [3.63, 3.8) is 0 Å². The summed E-state index contributed by atoms with van der Waals surface area (Å²) < 4.78 is 19.4. The van der Waals surface area contributed by atoms with Gasteiger partial charge in [0.25, 0.3) is 0 Å². The first-order chi connectivity index (χ1) is 15.3. The Bertz CT molecular complexity index is 1110. The lowest BCUT2D eigenvalue weighted by atomic mass is 10.1. The van der Waals surface area contributed by atoms with Crippen LogP contribution in [-0.2, 0) is 4.79 Å². The van der Waals surface area contributed by atoms with Gasteiger partial charge >= 0.3 is 0 Å². The summed E-state index contributed by atoms with van der Waals surface area (Å²) in [5.41, 5.74) is 3.84. The molecule has 3 rings (SSSR count). The second kappa shape index (κ2) is 15.0. The first-order valence-electron chi connectivity index (χ1n) is 10.1. The van der Waals surface area contributed by atoms with Gasteiger partial charge in [-0.2, -0.15) is 4.98 Å². The average Bonchev–Trinajstić information content (AvgIpc) is 2.78. The van der Waals surface area contributed by atoms with Crippen LogP contribution in [0, 0.1) is 32.0 Å². The number of halogens is 1. The Kier molecular flexibility index (Phi) is 13.3. The van der Waals surface area contributed by atoms with Crippen molar-refractivity contribution >= 4 is 28.9 Å². The Labute approximate surface area is 207 Å². The van der Waals surface area contributed by atoms with E-state index < -0.39 is 5.82 Å². The van der Waals surface area contributed by atoms with Crippen molar-refractivity contribution in [3.05, 3.63) is 65.6 Å². The molecular formula is C27H41FN4O2. The largest absolute Gasteiger partial charge is 0.481 e. The third-order valence-corrected chi connectivity index (χ3v) is 4.44. The van der Waals surface area contributed by atoms with E-state index in [9.17, 15) is 9.18 Å². The number of benzene rings is 2. The van der Waals surface area contributed by atoms with Crippen molar-refractivity contribution in [2.75, 3.05) is 17.2 Å². The number of aryl methyl sites for hydroxylation is 2. The molecule has 0 atom stereocenters. The minimum absolute atomic E-state index is 0. The van der Waals surface area contributed by atoms with Crippen molar-refractivity contribution < 1.29 is 18.2 Å². The van der Waals surface area contributed by atoms with Crippen LogP contribution in [0.15, 0.2) is 48.7 Å². The Morgan fingerprint density at radius 1 is 1.09 bits per heavy atom. The smallest absolute Gasteiger partial charge is 0.229 e. The first kappa shape index (κ1) is 30.1. The van der Waals surface area contributed by atoms with E-state index in [0.29, 0.717) is 23.8 Å². The highest BCUT2D eigenvalue weighted by Gasteiger charge is 2.08. The molecule has 34 heavy (non-hydrogen) atoms. The van der Waals surface area contributed by atoms with Crippen LogP contribution in [0.5, 0.6) is 5.75 Å². The number of ketones is 1. The molecule has 3 aromatic rings. The van der Waals surface area contributed by atoms with Crippen LogP contribution in [-0.4, -0.2) is 22.4 Å². The lowest BCUT2D eigenvalue weighted by Gasteiger charge is -2.11. The van der Waals surface area contributed by atoms with Gasteiger partial charge in [0.2, 0.25) is 5.95 Å². The summed E-state index contributed by atoms with van der Waals surface area (Å²) in [5.74, 6) is 3.12. The summed E-state index contributed by atoms with van der Waals surface area (Å²) in [6, 6.07) is 12.9. The van der Waals surface area contributed by atoms with E-state index in [1.807, 2.05) is 39.0 Å². The number of anilines is 4. The molecule has 0 amide bonds.